The van der Waals surface area contributed by atoms with Crippen LogP contribution >= 0.6 is 27.3 Å². The zero-order valence-corrected chi connectivity index (χ0v) is 13.9. The van der Waals surface area contributed by atoms with Crippen molar-refractivity contribution >= 4 is 37.3 Å². The van der Waals surface area contributed by atoms with Crippen LogP contribution in [-0.4, -0.2) is 39.0 Å². The zero-order chi connectivity index (χ0) is 14.0. The van der Waals surface area contributed by atoms with Crippen molar-refractivity contribution in [2.24, 2.45) is 5.73 Å². The molecule has 5 nitrogen and oxygen atoms in total. The molecule has 1 saturated heterocycles. The maximum atomic E-state index is 12.6. The number of hydrogen-bond donors (Lipinski definition) is 1. The summed E-state index contributed by atoms with van der Waals surface area (Å²) >= 11 is 4.68. The van der Waals surface area contributed by atoms with Crippen LogP contribution in [0.2, 0.25) is 0 Å². The van der Waals surface area contributed by atoms with Gasteiger partial charge in [-0.1, -0.05) is 0 Å². The van der Waals surface area contributed by atoms with Gasteiger partial charge in [-0.3, -0.25) is 0 Å². The van der Waals surface area contributed by atoms with Gasteiger partial charge in [0.15, 0.2) is 0 Å². The molecule has 1 atom stereocenters. The van der Waals surface area contributed by atoms with Crippen LogP contribution in [0.5, 0.6) is 0 Å². The Labute approximate surface area is 125 Å². The third-order valence-electron chi connectivity index (χ3n) is 3.20. The van der Waals surface area contributed by atoms with E-state index < -0.39 is 10.0 Å². The molecule has 0 radical (unpaired) electrons. The first-order valence-corrected chi connectivity index (χ1v) is 9.05. The van der Waals surface area contributed by atoms with E-state index in [0.29, 0.717) is 28.3 Å². The van der Waals surface area contributed by atoms with Crippen molar-refractivity contribution in [3.63, 3.8) is 0 Å². The smallest absolute Gasteiger partial charge is 0.245 e. The Balaban J connectivity index is 2.28. The summed E-state index contributed by atoms with van der Waals surface area (Å²) in [6, 6.07) is 1.65. The first-order valence-electron chi connectivity index (χ1n) is 6.00. The summed E-state index contributed by atoms with van der Waals surface area (Å²) in [7, 11) is -1.84. The summed E-state index contributed by atoms with van der Waals surface area (Å²) in [6.07, 6.45) is 1.71. The topological polar surface area (TPSA) is 72.6 Å². The number of nitrogens with two attached hydrogens (primary N) is 1. The monoisotopic (exact) mass is 368 g/mol. The summed E-state index contributed by atoms with van der Waals surface area (Å²) in [5, 5.41) is 0. The van der Waals surface area contributed by atoms with Crippen LogP contribution in [0.3, 0.4) is 0 Å². The van der Waals surface area contributed by atoms with Crippen molar-refractivity contribution in [1.29, 1.82) is 0 Å². The molecule has 19 heavy (non-hydrogen) atoms. The lowest BCUT2D eigenvalue weighted by molar-refractivity contribution is 0.0572. The summed E-state index contributed by atoms with van der Waals surface area (Å²) in [6.45, 7) is 1.31. The van der Waals surface area contributed by atoms with Crippen LogP contribution in [0.15, 0.2) is 14.7 Å². The quantitative estimate of drug-likeness (QED) is 0.878. The van der Waals surface area contributed by atoms with Gasteiger partial charge < -0.3 is 10.5 Å². The lowest BCUT2D eigenvalue weighted by Gasteiger charge is -2.30. The van der Waals surface area contributed by atoms with Crippen molar-refractivity contribution < 1.29 is 13.2 Å². The third-order valence-corrected chi connectivity index (χ3v) is 7.34. The van der Waals surface area contributed by atoms with Gasteiger partial charge in [-0.15, -0.1) is 11.3 Å². The van der Waals surface area contributed by atoms with Crippen molar-refractivity contribution in [3.8, 4) is 0 Å². The standard InChI is InChI=1S/C11H17BrN2O3S2/c1-17-8-3-2-4-14(7-8)19(15,16)10-5-9(6-13)18-11(10)12/h5,8H,2-4,6-7,13H2,1H3. The minimum atomic E-state index is -3.46. The molecule has 0 aromatic carbocycles. The lowest BCUT2D eigenvalue weighted by Crippen LogP contribution is -2.42. The van der Waals surface area contributed by atoms with Gasteiger partial charge in [0.1, 0.15) is 4.90 Å². The highest BCUT2D eigenvalue weighted by molar-refractivity contribution is 9.11. The fourth-order valence-corrected chi connectivity index (χ4v) is 6.15. The van der Waals surface area contributed by atoms with Gasteiger partial charge in [-0.05, 0) is 34.8 Å². The lowest BCUT2D eigenvalue weighted by atomic mass is 10.1. The molecule has 0 saturated carbocycles. The first-order chi connectivity index (χ1) is 8.98. The maximum Gasteiger partial charge on any atom is 0.245 e. The number of ether oxygens (including phenoxy) is 1. The van der Waals surface area contributed by atoms with Crippen molar-refractivity contribution in [2.45, 2.75) is 30.4 Å². The Morgan fingerprint density at radius 3 is 2.95 bits per heavy atom. The van der Waals surface area contributed by atoms with Gasteiger partial charge in [0, 0.05) is 31.6 Å². The van der Waals surface area contributed by atoms with E-state index in [2.05, 4.69) is 15.9 Å². The largest absolute Gasteiger partial charge is 0.380 e. The Kier molecular flexibility index (Phi) is 5.02. The van der Waals surface area contributed by atoms with Crippen LogP contribution < -0.4 is 5.73 Å². The van der Waals surface area contributed by atoms with E-state index in [1.807, 2.05) is 0 Å². The van der Waals surface area contributed by atoms with Gasteiger partial charge >= 0.3 is 0 Å². The van der Waals surface area contributed by atoms with E-state index in [1.54, 1.807) is 13.2 Å². The molecular formula is C11H17BrN2O3S2. The molecule has 1 aliphatic rings. The van der Waals surface area contributed by atoms with Crippen molar-refractivity contribution in [3.05, 3.63) is 14.7 Å². The number of methoxy groups -OCH3 is 1. The average molecular weight is 369 g/mol. The van der Waals surface area contributed by atoms with Crippen LogP contribution in [0, 0.1) is 0 Å². The zero-order valence-electron chi connectivity index (χ0n) is 10.6. The van der Waals surface area contributed by atoms with Crippen molar-refractivity contribution in [1.82, 2.24) is 4.31 Å². The van der Waals surface area contributed by atoms with Gasteiger partial charge in [0.2, 0.25) is 10.0 Å². The van der Waals surface area contributed by atoms with E-state index in [1.165, 1.54) is 15.6 Å². The Hall–Kier alpha value is 0.01000. The highest BCUT2D eigenvalue weighted by atomic mass is 79.9. The number of sulfonamides is 1. The maximum absolute atomic E-state index is 12.6. The SMILES string of the molecule is COC1CCCN(S(=O)(=O)c2cc(CN)sc2Br)C1. The van der Waals surface area contributed by atoms with Gasteiger partial charge in [-0.25, -0.2) is 8.42 Å². The van der Waals surface area contributed by atoms with E-state index in [-0.39, 0.29) is 6.10 Å². The number of hydrogen-bond acceptors (Lipinski definition) is 5. The van der Waals surface area contributed by atoms with Crippen LogP contribution in [0.1, 0.15) is 17.7 Å². The average Bonchev–Trinajstić information content (AvgIpc) is 2.81. The summed E-state index contributed by atoms with van der Waals surface area (Å²) in [4.78, 5) is 1.17. The summed E-state index contributed by atoms with van der Waals surface area (Å²) in [5.41, 5.74) is 5.56. The number of piperidine rings is 1. The Morgan fingerprint density at radius 1 is 1.63 bits per heavy atom. The molecule has 1 fully saturated rings. The molecular weight excluding hydrogens is 352 g/mol. The molecule has 0 amide bonds. The molecule has 0 spiro atoms. The van der Waals surface area contributed by atoms with Crippen LogP contribution in [-0.2, 0) is 21.3 Å². The third kappa shape index (κ3) is 3.20. The minimum absolute atomic E-state index is 0.0186. The van der Waals surface area contributed by atoms with Crippen LogP contribution in [0.25, 0.3) is 0 Å². The molecule has 1 aromatic heterocycles. The molecule has 1 aromatic rings. The summed E-state index contributed by atoms with van der Waals surface area (Å²) < 4.78 is 32.6. The highest BCUT2D eigenvalue weighted by Gasteiger charge is 2.32. The van der Waals surface area contributed by atoms with E-state index in [9.17, 15) is 8.42 Å². The Bertz CT molecular complexity index is 544. The molecule has 2 rings (SSSR count). The molecule has 108 valence electrons. The first kappa shape index (κ1) is 15.4. The molecule has 2 heterocycles. The molecule has 0 aliphatic carbocycles. The molecule has 1 unspecified atom stereocenters. The van der Waals surface area contributed by atoms with Crippen LogP contribution in [0.4, 0.5) is 0 Å². The summed E-state index contributed by atoms with van der Waals surface area (Å²) in [5.74, 6) is 0. The molecule has 1 aliphatic heterocycles. The van der Waals surface area contributed by atoms with Crippen molar-refractivity contribution in [2.75, 3.05) is 20.2 Å². The van der Waals surface area contributed by atoms with E-state index in [4.69, 9.17) is 10.5 Å². The minimum Gasteiger partial charge on any atom is -0.380 e. The number of halogens is 1. The highest BCUT2D eigenvalue weighted by Crippen LogP contribution is 2.34. The van der Waals surface area contributed by atoms with Gasteiger partial charge in [0.25, 0.3) is 0 Å². The van der Waals surface area contributed by atoms with E-state index in [0.717, 1.165) is 17.7 Å². The molecule has 0 bridgehead atoms. The Morgan fingerprint density at radius 2 is 2.37 bits per heavy atom. The number of rotatable bonds is 4. The molecule has 8 heteroatoms. The van der Waals surface area contributed by atoms with Gasteiger partial charge in [0.05, 0.1) is 9.89 Å². The predicted octanol–water partition coefficient (Wildman–Crippen LogP) is 1.77. The fourth-order valence-electron chi connectivity index (χ4n) is 2.13. The van der Waals surface area contributed by atoms with E-state index >= 15 is 0 Å². The normalized spacial score (nSPS) is 21.7. The second-order valence-corrected chi connectivity index (χ2v) is 8.78. The van der Waals surface area contributed by atoms with Gasteiger partial charge in [-0.2, -0.15) is 4.31 Å². The predicted molar refractivity (Wildman–Crippen MR) is 78.7 cm³/mol. The molecule has 2 N–H and O–H groups in total. The second kappa shape index (κ2) is 6.19. The number of nitrogens with zero attached hydrogens (tertiary/aromatic N) is 1. The second-order valence-electron chi connectivity index (χ2n) is 4.42. The fraction of sp³-hybridized carbons (Fsp3) is 0.636. The number of thiophene rings is 1.